The molecule has 1 N–H and O–H groups in total. The highest BCUT2D eigenvalue weighted by Gasteiger charge is 2.36. The van der Waals surface area contributed by atoms with Crippen molar-refractivity contribution in [3.63, 3.8) is 0 Å². The second kappa shape index (κ2) is 9.39. The van der Waals surface area contributed by atoms with Gasteiger partial charge >= 0.3 is 6.18 Å². The summed E-state index contributed by atoms with van der Waals surface area (Å²) in [4.78, 5) is 19.3. The van der Waals surface area contributed by atoms with Gasteiger partial charge in [0.2, 0.25) is 5.91 Å². The molecule has 31 heavy (non-hydrogen) atoms. The van der Waals surface area contributed by atoms with Crippen molar-refractivity contribution in [2.45, 2.75) is 50.9 Å². The summed E-state index contributed by atoms with van der Waals surface area (Å²) in [7, 11) is 0. The minimum absolute atomic E-state index is 0.0708. The number of amides is 1. The molecule has 2 atom stereocenters. The average molecular weight is 432 g/mol. The van der Waals surface area contributed by atoms with Crippen molar-refractivity contribution in [2.75, 3.05) is 13.1 Å². The van der Waals surface area contributed by atoms with Gasteiger partial charge in [0.1, 0.15) is 0 Å². The van der Waals surface area contributed by atoms with Gasteiger partial charge in [-0.3, -0.25) is 14.7 Å². The average Bonchev–Trinajstić information content (AvgIpc) is 2.71. The topological polar surface area (TPSA) is 45.2 Å². The highest BCUT2D eigenvalue weighted by molar-refractivity contribution is 5.79. The molecule has 2 heterocycles. The molecule has 1 aromatic heterocycles. The molecule has 4 nitrogen and oxygen atoms in total. The van der Waals surface area contributed by atoms with E-state index in [0.29, 0.717) is 12.1 Å². The Balaban J connectivity index is 1.50. The Morgan fingerprint density at radius 2 is 1.87 bits per heavy atom. The summed E-state index contributed by atoms with van der Waals surface area (Å²) in [5, 5.41) is 3.22. The third-order valence-electron chi connectivity index (χ3n) is 6.51. The summed E-state index contributed by atoms with van der Waals surface area (Å²) in [6, 6.07) is 11.2. The lowest BCUT2D eigenvalue weighted by atomic mass is 9.83. The summed E-state index contributed by atoms with van der Waals surface area (Å²) < 4.78 is 40.2. The van der Waals surface area contributed by atoms with Crippen LogP contribution in [0.2, 0.25) is 0 Å². The Morgan fingerprint density at radius 1 is 1.10 bits per heavy atom. The van der Waals surface area contributed by atoms with Gasteiger partial charge in [-0.25, -0.2) is 0 Å². The lowest BCUT2D eigenvalue weighted by molar-refractivity contribution is -0.138. The van der Waals surface area contributed by atoms with E-state index >= 15 is 0 Å². The smallest absolute Gasteiger partial charge is 0.347 e. The van der Waals surface area contributed by atoms with Crippen molar-refractivity contribution in [3.05, 3.63) is 65.5 Å². The zero-order chi connectivity index (χ0) is 21.8. The van der Waals surface area contributed by atoms with Gasteiger partial charge in [0.15, 0.2) is 0 Å². The molecule has 0 bridgehead atoms. The second-order valence-electron chi connectivity index (χ2n) is 8.66. The first kappa shape index (κ1) is 21.8. The van der Waals surface area contributed by atoms with Crippen LogP contribution in [-0.2, 0) is 17.5 Å². The van der Waals surface area contributed by atoms with Crippen LogP contribution in [0.5, 0.6) is 0 Å². The Morgan fingerprint density at radius 3 is 2.55 bits per heavy atom. The van der Waals surface area contributed by atoms with Crippen LogP contribution in [0.25, 0.3) is 0 Å². The Kier molecular flexibility index (Phi) is 6.60. The number of rotatable bonds is 6. The quantitative estimate of drug-likeness (QED) is 0.702. The Hall–Kier alpha value is -2.41. The van der Waals surface area contributed by atoms with Gasteiger partial charge in [0.25, 0.3) is 0 Å². The number of hydrogen-bond acceptors (Lipinski definition) is 3. The van der Waals surface area contributed by atoms with E-state index in [1.54, 1.807) is 18.3 Å². The van der Waals surface area contributed by atoms with Crippen molar-refractivity contribution in [1.82, 2.24) is 15.2 Å². The summed E-state index contributed by atoms with van der Waals surface area (Å²) in [6.07, 6.45) is 2.07. The molecular weight excluding hydrogens is 403 g/mol. The Labute approximate surface area is 180 Å². The number of benzene rings is 1. The minimum Gasteiger partial charge on any atom is -0.347 e. The fraction of sp³-hybridized carbons (Fsp3) is 0.500. The first-order valence-corrected chi connectivity index (χ1v) is 11.0. The maximum Gasteiger partial charge on any atom is 0.416 e. The molecule has 166 valence electrons. The molecule has 1 amide bonds. The fourth-order valence-corrected chi connectivity index (χ4v) is 4.62. The zero-order valence-corrected chi connectivity index (χ0v) is 17.4. The molecule has 1 saturated heterocycles. The summed E-state index contributed by atoms with van der Waals surface area (Å²) in [5.74, 6) is 0.247. The number of carbonyl (C=O) groups is 1. The lowest BCUT2D eigenvalue weighted by Crippen LogP contribution is -2.45. The van der Waals surface area contributed by atoms with E-state index < -0.39 is 11.7 Å². The van der Waals surface area contributed by atoms with Crippen LogP contribution >= 0.6 is 0 Å². The predicted octanol–water partition coefficient (Wildman–Crippen LogP) is 4.97. The van der Waals surface area contributed by atoms with Crippen molar-refractivity contribution in [3.8, 4) is 0 Å². The molecule has 4 rings (SSSR count). The Bertz CT molecular complexity index is 883. The number of halogens is 3. The largest absolute Gasteiger partial charge is 0.416 e. The van der Waals surface area contributed by atoms with Gasteiger partial charge < -0.3 is 5.32 Å². The first-order chi connectivity index (χ1) is 14.9. The van der Waals surface area contributed by atoms with Crippen molar-refractivity contribution in [1.29, 1.82) is 0 Å². The summed E-state index contributed by atoms with van der Waals surface area (Å²) >= 11 is 0. The standard InChI is InChI=1S/C24H28F3N3O/c25-24(26,27)20-11-2-1-7-18(20)15-30-14-6-10-19(16-30)22(21-12-3-4-13-28-21)29-23(31)17-8-5-9-17/h1-4,7,11-13,17,19,22H,5-6,8-10,14-16H2,(H,29,31)/t19-,22-/m0/s1. The maximum absolute atomic E-state index is 13.4. The summed E-state index contributed by atoms with van der Waals surface area (Å²) in [6.45, 7) is 1.62. The number of nitrogens with zero attached hydrogens (tertiary/aromatic N) is 2. The molecule has 0 unspecified atom stereocenters. The number of carbonyl (C=O) groups excluding carboxylic acids is 1. The van der Waals surface area contributed by atoms with Gasteiger partial charge in [0.05, 0.1) is 17.3 Å². The number of nitrogens with one attached hydrogen (secondary N) is 1. The number of pyridine rings is 1. The van der Waals surface area contributed by atoms with Crippen molar-refractivity contribution < 1.29 is 18.0 Å². The van der Waals surface area contributed by atoms with Gasteiger partial charge in [0, 0.05) is 25.2 Å². The van der Waals surface area contributed by atoms with E-state index in [1.165, 1.54) is 6.07 Å². The van der Waals surface area contributed by atoms with E-state index in [1.807, 2.05) is 18.2 Å². The third kappa shape index (κ3) is 5.26. The predicted molar refractivity (Wildman–Crippen MR) is 112 cm³/mol. The van der Waals surface area contributed by atoms with Gasteiger partial charge in [-0.1, -0.05) is 30.7 Å². The maximum atomic E-state index is 13.4. The van der Waals surface area contributed by atoms with Crippen LogP contribution in [0.4, 0.5) is 13.2 Å². The molecule has 0 radical (unpaired) electrons. The normalized spacial score (nSPS) is 21.3. The van der Waals surface area contributed by atoms with E-state index in [9.17, 15) is 18.0 Å². The fourth-order valence-electron chi connectivity index (χ4n) is 4.62. The minimum atomic E-state index is -4.36. The molecule has 7 heteroatoms. The first-order valence-electron chi connectivity index (χ1n) is 11.0. The van der Waals surface area contributed by atoms with E-state index in [2.05, 4.69) is 15.2 Å². The molecule has 2 aliphatic rings. The van der Waals surface area contributed by atoms with Gasteiger partial charge in [-0.15, -0.1) is 0 Å². The van der Waals surface area contributed by atoms with Gasteiger partial charge in [-0.2, -0.15) is 13.2 Å². The number of alkyl halides is 3. The molecule has 2 aromatic rings. The van der Waals surface area contributed by atoms with Crippen LogP contribution in [-0.4, -0.2) is 28.9 Å². The highest BCUT2D eigenvalue weighted by atomic mass is 19.4. The van der Waals surface area contributed by atoms with Crippen LogP contribution in [0.15, 0.2) is 48.7 Å². The molecule has 1 aliphatic heterocycles. The lowest BCUT2D eigenvalue weighted by Gasteiger charge is -2.38. The monoisotopic (exact) mass is 431 g/mol. The number of likely N-dealkylation sites (tertiary alicyclic amines) is 1. The van der Waals surface area contributed by atoms with E-state index in [4.69, 9.17) is 0 Å². The third-order valence-corrected chi connectivity index (χ3v) is 6.51. The zero-order valence-electron chi connectivity index (χ0n) is 17.4. The highest BCUT2D eigenvalue weighted by Crippen LogP contribution is 2.35. The van der Waals surface area contributed by atoms with Crippen LogP contribution in [0.3, 0.4) is 0 Å². The SMILES string of the molecule is O=C(N[C@H](c1ccccn1)[C@H]1CCCN(Cc2ccccc2C(F)(F)F)C1)C1CCC1. The van der Waals surface area contributed by atoms with Gasteiger partial charge in [-0.05, 0) is 61.9 Å². The van der Waals surface area contributed by atoms with Crippen molar-refractivity contribution in [2.24, 2.45) is 11.8 Å². The van der Waals surface area contributed by atoms with Crippen LogP contribution in [0, 0.1) is 11.8 Å². The van der Waals surface area contributed by atoms with Crippen LogP contribution < -0.4 is 5.32 Å². The van der Waals surface area contributed by atoms with Crippen molar-refractivity contribution >= 4 is 5.91 Å². The molecule has 1 aromatic carbocycles. The van der Waals surface area contributed by atoms with E-state index in [0.717, 1.165) is 50.4 Å². The molecule has 1 saturated carbocycles. The molecule has 0 spiro atoms. The van der Waals surface area contributed by atoms with Crippen LogP contribution in [0.1, 0.15) is 55.0 Å². The molecule has 2 fully saturated rings. The second-order valence-corrected chi connectivity index (χ2v) is 8.66. The van der Waals surface area contributed by atoms with E-state index in [-0.39, 0.29) is 30.3 Å². The number of piperidine rings is 1. The number of aromatic nitrogens is 1. The molecular formula is C24H28F3N3O. The number of hydrogen-bond donors (Lipinski definition) is 1. The summed E-state index contributed by atoms with van der Waals surface area (Å²) in [5.41, 5.74) is 0.540. The molecule has 1 aliphatic carbocycles.